The molecule has 0 amide bonds. The van der Waals surface area contributed by atoms with Crippen LogP contribution in [0.5, 0.6) is 0 Å². The maximum Gasteiger partial charge on any atom is 0.487 e. The summed E-state index contributed by atoms with van der Waals surface area (Å²) < 4.78 is 10.1. The second kappa shape index (κ2) is 10.9. The molecular formula is C6H12BBr2O2. The van der Waals surface area contributed by atoms with Crippen LogP contribution in [0.4, 0.5) is 0 Å². The lowest BCUT2D eigenvalue weighted by Crippen LogP contribution is -2.07. The fraction of sp³-hybridized carbons (Fsp3) is 1.00. The molecule has 0 aromatic carbocycles. The van der Waals surface area contributed by atoms with Crippen LogP contribution in [0.15, 0.2) is 0 Å². The molecule has 0 spiro atoms. The highest BCUT2D eigenvalue weighted by Gasteiger charge is 1.92. The first-order valence-electron chi connectivity index (χ1n) is 3.58. The van der Waals surface area contributed by atoms with Gasteiger partial charge in [-0.05, 0) is 12.8 Å². The van der Waals surface area contributed by atoms with E-state index in [1.165, 1.54) is 7.69 Å². The molecule has 0 aromatic rings. The van der Waals surface area contributed by atoms with E-state index in [0.29, 0.717) is 0 Å². The molecule has 11 heavy (non-hydrogen) atoms. The molecule has 0 aliphatic carbocycles. The van der Waals surface area contributed by atoms with Crippen LogP contribution in [-0.2, 0) is 9.31 Å². The van der Waals surface area contributed by atoms with Gasteiger partial charge >= 0.3 is 7.69 Å². The summed E-state index contributed by atoms with van der Waals surface area (Å²) in [5, 5.41) is 1.95. The largest absolute Gasteiger partial charge is 0.487 e. The third kappa shape index (κ3) is 10.9. The molecule has 0 N–H and O–H groups in total. The van der Waals surface area contributed by atoms with E-state index in [9.17, 15) is 0 Å². The van der Waals surface area contributed by atoms with Crippen LogP contribution in [0, 0.1) is 0 Å². The van der Waals surface area contributed by atoms with Crippen molar-refractivity contribution >= 4 is 39.5 Å². The van der Waals surface area contributed by atoms with Crippen molar-refractivity contribution < 1.29 is 9.31 Å². The maximum absolute atomic E-state index is 5.03. The van der Waals surface area contributed by atoms with Crippen molar-refractivity contribution in [2.24, 2.45) is 0 Å². The summed E-state index contributed by atoms with van der Waals surface area (Å²) in [7, 11) is 1.42. The van der Waals surface area contributed by atoms with E-state index in [1.54, 1.807) is 0 Å². The molecule has 0 atom stereocenters. The lowest BCUT2D eigenvalue weighted by molar-refractivity contribution is 0.223. The van der Waals surface area contributed by atoms with Crippen LogP contribution in [0.2, 0.25) is 0 Å². The van der Waals surface area contributed by atoms with Crippen LogP contribution < -0.4 is 0 Å². The Labute approximate surface area is 85.6 Å². The zero-order chi connectivity index (χ0) is 8.36. The van der Waals surface area contributed by atoms with Crippen molar-refractivity contribution in [3.8, 4) is 0 Å². The lowest BCUT2D eigenvalue weighted by Gasteiger charge is -2.00. The van der Waals surface area contributed by atoms with Crippen molar-refractivity contribution in [3.63, 3.8) is 0 Å². The smallest absolute Gasteiger partial charge is 0.413 e. The fourth-order valence-corrected chi connectivity index (χ4v) is 0.878. The van der Waals surface area contributed by atoms with Crippen molar-refractivity contribution in [2.75, 3.05) is 23.9 Å². The molecule has 0 rings (SSSR count). The van der Waals surface area contributed by atoms with E-state index in [0.717, 1.165) is 36.7 Å². The topological polar surface area (TPSA) is 18.5 Å². The predicted molar refractivity (Wildman–Crippen MR) is 54.5 cm³/mol. The van der Waals surface area contributed by atoms with E-state index in [2.05, 4.69) is 31.9 Å². The maximum atomic E-state index is 5.03. The summed E-state index contributed by atoms with van der Waals surface area (Å²) in [5.74, 6) is 0. The average molecular weight is 287 g/mol. The third-order valence-electron chi connectivity index (χ3n) is 0.928. The van der Waals surface area contributed by atoms with Gasteiger partial charge in [0, 0.05) is 23.9 Å². The highest BCUT2D eigenvalue weighted by molar-refractivity contribution is 9.09. The fourth-order valence-electron chi connectivity index (χ4n) is 0.420. The molecule has 2 nitrogen and oxygen atoms in total. The van der Waals surface area contributed by atoms with Crippen LogP contribution in [0.1, 0.15) is 12.8 Å². The van der Waals surface area contributed by atoms with Gasteiger partial charge in [0.15, 0.2) is 0 Å². The van der Waals surface area contributed by atoms with Crippen LogP contribution in [-0.4, -0.2) is 31.6 Å². The highest BCUT2D eigenvalue weighted by atomic mass is 79.9. The first-order valence-corrected chi connectivity index (χ1v) is 5.83. The normalized spacial score (nSPS) is 10.0. The van der Waals surface area contributed by atoms with E-state index >= 15 is 0 Å². The summed E-state index contributed by atoms with van der Waals surface area (Å²) in [5.41, 5.74) is 0. The zero-order valence-electron chi connectivity index (χ0n) is 6.39. The number of rotatable bonds is 8. The molecule has 0 aromatic heterocycles. The number of halogens is 2. The summed E-state index contributed by atoms with van der Waals surface area (Å²) in [6.45, 7) is 1.44. The van der Waals surface area contributed by atoms with E-state index in [4.69, 9.17) is 9.31 Å². The Balaban J connectivity index is 2.69. The summed E-state index contributed by atoms with van der Waals surface area (Å²) >= 11 is 6.61. The van der Waals surface area contributed by atoms with Gasteiger partial charge in [-0.3, -0.25) is 0 Å². The zero-order valence-corrected chi connectivity index (χ0v) is 9.56. The van der Waals surface area contributed by atoms with Gasteiger partial charge in [0.05, 0.1) is 0 Å². The Bertz CT molecular complexity index is 67.6. The Morgan fingerprint density at radius 1 is 0.909 bits per heavy atom. The van der Waals surface area contributed by atoms with Crippen molar-refractivity contribution in [3.05, 3.63) is 0 Å². The van der Waals surface area contributed by atoms with Gasteiger partial charge in [-0.1, -0.05) is 31.9 Å². The molecule has 0 saturated heterocycles. The van der Waals surface area contributed by atoms with E-state index in [1.807, 2.05) is 0 Å². The molecule has 65 valence electrons. The second-order valence-corrected chi connectivity index (χ2v) is 3.51. The molecule has 0 bridgehead atoms. The second-order valence-electron chi connectivity index (χ2n) is 1.92. The van der Waals surface area contributed by atoms with Gasteiger partial charge in [0.1, 0.15) is 0 Å². The van der Waals surface area contributed by atoms with Crippen LogP contribution >= 0.6 is 31.9 Å². The molecule has 0 saturated carbocycles. The van der Waals surface area contributed by atoms with Gasteiger partial charge in [0.25, 0.3) is 0 Å². The lowest BCUT2D eigenvalue weighted by atomic mass is 10.3. The minimum atomic E-state index is 0.722. The molecule has 0 fully saturated rings. The van der Waals surface area contributed by atoms with Crippen molar-refractivity contribution in [1.82, 2.24) is 0 Å². The van der Waals surface area contributed by atoms with Gasteiger partial charge in [-0.2, -0.15) is 0 Å². The summed E-state index contributed by atoms with van der Waals surface area (Å²) in [6, 6.07) is 0. The first-order chi connectivity index (χ1) is 5.41. The van der Waals surface area contributed by atoms with Gasteiger partial charge < -0.3 is 9.31 Å². The number of alkyl halides is 2. The molecule has 0 heterocycles. The van der Waals surface area contributed by atoms with Gasteiger partial charge in [0.2, 0.25) is 0 Å². The third-order valence-corrected chi connectivity index (χ3v) is 2.05. The molecule has 0 aliphatic heterocycles. The Hall–Kier alpha value is 0.945. The average Bonchev–Trinajstić information content (AvgIpc) is 2.03. The van der Waals surface area contributed by atoms with Crippen molar-refractivity contribution in [1.29, 1.82) is 0 Å². The first kappa shape index (κ1) is 11.9. The quantitative estimate of drug-likeness (QED) is 0.387. The minimum absolute atomic E-state index is 0.722. The standard InChI is InChI=1S/C6H12BBr2O2/c8-3-1-5-10-7-11-6-2-4-9/h1-6H2. The highest BCUT2D eigenvalue weighted by Crippen LogP contribution is 1.90. The molecular weight excluding hydrogens is 275 g/mol. The number of hydrogen-bond donors (Lipinski definition) is 0. The number of hydrogen-bond acceptors (Lipinski definition) is 2. The summed E-state index contributed by atoms with van der Waals surface area (Å²) in [4.78, 5) is 0. The van der Waals surface area contributed by atoms with Gasteiger partial charge in [-0.15, -0.1) is 0 Å². The Morgan fingerprint density at radius 3 is 1.73 bits per heavy atom. The molecule has 1 radical (unpaired) electrons. The van der Waals surface area contributed by atoms with E-state index < -0.39 is 0 Å². The Morgan fingerprint density at radius 2 is 1.36 bits per heavy atom. The summed E-state index contributed by atoms with van der Waals surface area (Å²) in [6.07, 6.45) is 2.02. The predicted octanol–water partition coefficient (Wildman–Crippen LogP) is 2.12. The van der Waals surface area contributed by atoms with Crippen LogP contribution in [0.3, 0.4) is 0 Å². The van der Waals surface area contributed by atoms with E-state index in [-0.39, 0.29) is 0 Å². The molecule has 0 aliphatic rings. The van der Waals surface area contributed by atoms with Crippen molar-refractivity contribution in [2.45, 2.75) is 12.8 Å². The monoisotopic (exact) mass is 285 g/mol. The Kier molecular flexibility index (Phi) is 11.9. The molecule has 0 unspecified atom stereocenters. The van der Waals surface area contributed by atoms with Gasteiger partial charge in [-0.25, -0.2) is 0 Å². The molecule has 5 heteroatoms. The van der Waals surface area contributed by atoms with Crippen LogP contribution in [0.25, 0.3) is 0 Å². The minimum Gasteiger partial charge on any atom is -0.413 e. The SMILES string of the molecule is BrCCCO[B]OCCCBr.